The van der Waals surface area contributed by atoms with Gasteiger partial charge in [-0.05, 0) is 12.8 Å². The van der Waals surface area contributed by atoms with Crippen LogP contribution in [-0.4, -0.2) is 41.8 Å². The summed E-state index contributed by atoms with van der Waals surface area (Å²) in [5.74, 6) is -3.93. The minimum absolute atomic E-state index is 0. The van der Waals surface area contributed by atoms with Crippen molar-refractivity contribution in [1.82, 2.24) is 4.90 Å². The maximum absolute atomic E-state index is 12.3. The number of carbonyl (C=O) groups excluding carboxylic acids is 4. The number of rotatable bonds is 10. The van der Waals surface area contributed by atoms with Crippen LogP contribution in [0.15, 0.2) is 24.3 Å². The number of carboxylic acids is 1. The molecule has 0 spiro atoms. The van der Waals surface area contributed by atoms with E-state index in [9.17, 15) is 24.3 Å². The van der Waals surface area contributed by atoms with Crippen LogP contribution < -0.4 is 34.7 Å². The topological polar surface area (TPSA) is 104 Å². The van der Waals surface area contributed by atoms with Gasteiger partial charge in [0, 0.05) is 12.8 Å². The molecule has 0 aromatic heterocycles. The number of allylic oxidation sites excluding steroid dienone is 2. The molecule has 0 saturated heterocycles. The third-order valence-corrected chi connectivity index (χ3v) is 3.10. The fourth-order valence-electron chi connectivity index (χ4n) is 1.91. The van der Waals surface area contributed by atoms with Crippen molar-refractivity contribution in [3.05, 3.63) is 24.3 Å². The molecule has 8 heteroatoms. The number of amides is 2. The molecule has 0 aliphatic heterocycles. The fraction of sp³-hybridized carbons (Fsp3) is 0.529. The number of imide groups is 1. The van der Waals surface area contributed by atoms with Crippen molar-refractivity contribution < 1.29 is 58.6 Å². The Labute approximate surface area is 170 Å². The van der Waals surface area contributed by atoms with E-state index < -0.39 is 36.2 Å². The van der Waals surface area contributed by atoms with E-state index in [2.05, 4.69) is 4.74 Å². The summed E-state index contributed by atoms with van der Waals surface area (Å²) < 4.78 is 4.43. The second-order valence-corrected chi connectivity index (χ2v) is 4.94. The van der Waals surface area contributed by atoms with Gasteiger partial charge in [-0.25, -0.2) is 0 Å². The van der Waals surface area contributed by atoms with Crippen LogP contribution in [0.25, 0.3) is 0 Å². The Morgan fingerprint density at radius 3 is 1.72 bits per heavy atom. The number of nitrogens with zero attached hydrogens (tertiary/aromatic N) is 1. The van der Waals surface area contributed by atoms with Crippen LogP contribution in [0.1, 0.15) is 46.0 Å². The van der Waals surface area contributed by atoms with Gasteiger partial charge in [-0.3, -0.25) is 19.3 Å². The second-order valence-electron chi connectivity index (χ2n) is 4.94. The molecule has 0 heterocycles. The number of esters is 1. The molecule has 0 aliphatic carbocycles. The van der Waals surface area contributed by atoms with E-state index in [1.165, 1.54) is 0 Å². The van der Waals surface area contributed by atoms with E-state index in [1.54, 1.807) is 24.3 Å². The van der Waals surface area contributed by atoms with Gasteiger partial charge in [0.1, 0.15) is 0 Å². The third kappa shape index (κ3) is 10.2. The minimum Gasteiger partial charge on any atom is -0.548 e. The van der Waals surface area contributed by atoms with E-state index in [0.717, 1.165) is 7.11 Å². The van der Waals surface area contributed by atoms with Crippen molar-refractivity contribution in [2.75, 3.05) is 7.11 Å². The monoisotopic (exact) mass is 361 g/mol. The molecule has 0 radical (unpaired) electrons. The number of carboxylic acid groups (broad SMARTS) is 1. The van der Waals surface area contributed by atoms with Gasteiger partial charge in [0.05, 0.1) is 25.5 Å². The molecule has 1 atom stereocenters. The molecule has 0 aliphatic rings. The van der Waals surface area contributed by atoms with Gasteiger partial charge in [0.25, 0.3) is 0 Å². The number of aliphatic carboxylic acids is 1. The zero-order valence-corrected chi connectivity index (χ0v) is 17.3. The van der Waals surface area contributed by atoms with Crippen LogP contribution in [0.4, 0.5) is 0 Å². The summed E-state index contributed by atoms with van der Waals surface area (Å²) in [5.41, 5.74) is 0. The van der Waals surface area contributed by atoms with Gasteiger partial charge in [-0.15, -0.1) is 0 Å². The molecule has 25 heavy (non-hydrogen) atoms. The largest absolute Gasteiger partial charge is 1.00 e. The van der Waals surface area contributed by atoms with Crippen molar-refractivity contribution in [1.29, 1.82) is 0 Å². The molecular formula is C17H24NNaO6. The van der Waals surface area contributed by atoms with Gasteiger partial charge < -0.3 is 14.6 Å². The van der Waals surface area contributed by atoms with Crippen LogP contribution in [0.2, 0.25) is 0 Å². The second kappa shape index (κ2) is 14.9. The summed E-state index contributed by atoms with van der Waals surface area (Å²) >= 11 is 0. The van der Waals surface area contributed by atoms with E-state index in [0.29, 0.717) is 17.7 Å². The van der Waals surface area contributed by atoms with Crippen molar-refractivity contribution in [2.24, 2.45) is 0 Å². The zero-order chi connectivity index (χ0) is 18.5. The van der Waals surface area contributed by atoms with Crippen LogP contribution >= 0.6 is 0 Å². The van der Waals surface area contributed by atoms with Gasteiger partial charge >= 0.3 is 35.5 Å². The minimum atomic E-state index is -1.69. The average Bonchev–Trinajstić information content (AvgIpc) is 2.54. The summed E-state index contributed by atoms with van der Waals surface area (Å²) in [6, 6.07) is -1.69. The Morgan fingerprint density at radius 2 is 1.40 bits per heavy atom. The number of hydrogen-bond donors (Lipinski definition) is 0. The van der Waals surface area contributed by atoms with Crippen LogP contribution in [0.5, 0.6) is 0 Å². The van der Waals surface area contributed by atoms with Crippen LogP contribution in [0.3, 0.4) is 0 Å². The van der Waals surface area contributed by atoms with Gasteiger partial charge in [0.15, 0.2) is 0 Å². The molecule has 134 valence electrons. The molecule has 7 nitrogen and oxygen atoms in total. The molecule has 0 bridgehead atoms. The molecule has 0 aromatic rings. The first-order chi connectivity index (χ1) is 11.4. The van der Waals surface area contributed by atoms with E-state index >= 15 is 0 Å². The predicted octanol–water partition coefficient (Wildman–Crippen LogP) is -2.26. The van der Waals surface area contributed by atoms with Crippen LogP contribution in [-0.2, 0) is 23.9 Å². The van der Waals surface area contributed by atoms with Crippen molar-refractivity contribution >= 4 is 23.8 Å². The van der Waals surface area contributed by atoms with Gasteiger partial charge in [-0.1, -0.05) is 38.2 Å². The third-order valence-electron chi connectivity index (χ3n) is 3.10. The Bertz CT molecular complexity index is 487. The standard InChI is InChI=1S/C17H25NO6.Na/c1-4-6-8-10-14(19)18(15(20)11-9-7-5-2)13(17(22)23)12-16(21)24-3;/h6-9,13H,4-5,10-12H2,1-3H3,(H,22,23);/q;+1/p-1/b8-6+,9-7+;. The van der Waals surface area contributed by atoms with Crippen molar-refractivity contribution in [3.8, 4) is 0 Å². The van der Waals surface area contributed by atoms with E-state index in [-0.39, 0.29) is 42.4 Å². The number of carbonyl (C=O) groups is 4. The van der Waals surface area contributed by atoms with Crippen molar-refractivity contribution in [2.45, 2.75) is 52.0 Å². The van der Waals surface area contributed by atoms with Gasteiger partial charge in [0.2, 0.25) is 11.8 Å². The molecule has 0 fully saturated rings. The molecule has 0 N–H and O–H groups in total. The molecule has 0 saturated carbocycles. The number of methoxy groups -OCH3 is 1. The average molecular weight is 361 g/mol. The predicted molar refractivity (Wildman–Crippen MR) is 85.4 cm³/mol. The maximum atomic E-state index is 12.3. The number of ether oxygens (including phenoxy) is 1. The summed E-state index contributed by atoms with van der Waals surface area (Å²) in [4.78, 5) is 47.9. The SMILES string of the molecule is CC/C=C/CC(=O)N(C(=O)C/C=C/CC)C(CC(=O)OC)C(=O)[O-].[Na+]. The normalized spacial score (nSPS) is 11.8. The van der Waals surface area contributed by atoms with Crippen LogP contribution in [0, 0.1) is 0 Å². The first-order valence-corrected chi connectivity index (χ1v) is 7.81. The zero-order valence-electron chi connectivity index (χ0n) is 15.3. The summed E-state index contributed by atoms with van der Waals surface area (Å²) in [7, 11) is 1.09. The van der Waals surface area contributed by atoms with Crippen molar-refractivity contribution in [3.63, 3.8) is 0 Å². The van der Waals surface area contributed by atoms with E-state index in [4.69, 9.17) is 0 Å². The first-order valence-electron chi connectivity index (χ1n) is 7.81. The van der Waals surface area contributed by atoms with Gasteiger partial charge in [-0.2, -0.15) is 0 Å². The van der Waals surface area contributed by atoms with E-state index in [1.807, 2.05) is 13.8 Å². The Kier molecular flexibility index (Phi) is 15.3. The molecule has 0 aromatic carbocycles. The first kappa shape index (κ1) is 25.8. The Hall–Kier alpha value is -1.44. The molecular weight excluding hydrogens is 337 g/mol. The molecule has 0 rings (SSSR count). The number of hydrogen-bond acceptors (Lipinski definition) is 6. The molecule has 1 unspecified atom stereocenters. The Balaban J connectivity index is 0. The smallest absolute Gasteiger partial charge is 0.548 e. The fourth-order valence-corrected chi connectivity index (χ4v) is 1.91. The maximum Gasteiger partial charge on any atom is 1.00 e. The summed E-state index contributed by atoms with van der Waals surface area (Å²) in [5, 5.41) is 11.4. The summed E-state index contributed by atoms with van der Waals surface area (Å²) in [6.07, 6.45) is 7.04. The molecule has 2 amide bonds. The quantitative estimate of drug-likeness (QED) is 0.247. The summed E-state index contributed by atoms with van der Waals surface area (Å²) in [6.45, 7) is 3.75. The Morgan fingerprint density at radius 1 is 0.960 bits per heavy atom.